The van der Waals surface area contributed by atoms with Crippen LogP contribution in [0.3, 0.4) is 0 Å². The average molecular weight is 453 g/mol. The van der Waals surface area contributed by atoms with Gasteiger partial charge in [-0.25, -0.2) is 9.97 Å². The van der Waals surface area contributed by atoms with Gasteiger partial charge < -0.3 is 15.0 Å². The van der Waals surface area contributed by atoms with Crippen molar-refractivity contribution in [3.63, 3.8) is 0 Å². The molecule has 1 aliphatic rings. The lowest BCUT2D eigenvalue weighted by molar-refractivity contribution is 0.246. The largest absolute Gasteiger partial charge is 0.398 e. The zero-order valence-corrected chi connectivity index (χ0v) is 18.4. The second-order valence-corrected chi connectivity index (χ2v) is 8.52. The highest BCUT2D eigenvalue weighted by Crippen LogP contribution is 2.33. The molecule has 0 amide bonds. The minimum Gasteiger partial charge on any atom is -0.398 e. The van der Waals surface area contributed by atoms with Crippen LogP contribution in [-0.2, 0) is 6.54 Å². The molecule has 6 nitrogen and oxygen atoms in total. The third kappa shape index (κ3) is 4.06. The molecule has 0 atom stereocenters. The molecule has 4 aromatic rings. The number of rotatable bonds is 4. The van der Waals surface area contributed by atoms with Crippen LogP contribution in [0.25, 0.3) is 16.9 Å². The van der Waals surface area contributed by atoms with E-state index in [4.69, 9.17) is 33.9 Å². The molecule has 5 rings (SSSR count). The van der Waals surface area contributed by atoms with Crippen LogP contribution in [0, 0.1) is 0 Å². The molecule has 1 aliphatic heterocycles. The van der Waals surface area contributed by atoms with E-state index >= 15 is 0 Å². The molecule has 4 heterocycles. The van der Waals surface area contributed by atoms with E-state index in [1.807, 2.05) is 48.8 Å². The lowest BCUT2D eigenvalue weighted by atomic mass is 10.1. The highest BCUT2D eigenvalue weighted by molar-refractivity contribution is 6.36. The first-order valence-electron chi connectivity index (χ1n) is 10.2. The summed E-state index contributed by atoms with van der Waals surface area (Å²) in [6, 6.07) is 15.4. The summed E-state index contributed by atoms with van der Waals surface area (Å²) >= 11 is 12.7. The molecular formula is C23H22Cl2N6. The van der Waals surface area contributed by atoms with Gasteiger partial charge in [0.05, 0.1) is 16.4 Å². The first kappa shape index (κ1) is 20.1. The second kappa shape index (κ2) is 8.38. The molecule has 3 aromatic heterocycles. The van der Waals surface area contributed by atoms with Gasteiger partial charge in [-0.15, -0.1) is 0 Å². The summed E-state index contributed by atoms with van der Waals surface area (Å²) in [6.45, 7) is 4.45. The molecule has 8 heteroatoms. The Bertz CT molecular complexity index is 1220. The number of nitrogens with two attached hydrogens (primary N) is 1. The van der Waals surface area contributed by atoms with Crippen molar-refractivity contribution in [2.75, 3.05) is 36.8 Å². The molecule has 1 saturated heterocycles. The molecule has 0 radical (unpaired) electrons. The topological polar surface area (TPSA) is 62.7 Å². The Hall–Kier alpha value is -2.80. The number of benzene rings is 1. The highest BCUT2D eigenvalue weighted by atomic mass is 35.5. The molecule has 1 fully saturated rings. The number of piperazine rings is 1. The predicted molar refractivity (Wildman–Crippen MR) is 127 cm³/mol. The average Bonchev–Trinajstić information content (AvgIpc) is 3.12. The van der Waals surface area contributed by atoms with Gasteiger partial charge in [0.15, 0.2) is 0 Å². The fourth-order valence-corrected chi connectivity index (χ4v) is 4.54. The smallest absolute Gasteiger partial charge is 0.137 e. The summed E-state index contributed by atoms with van der Waals surface area (Å²) in [5.41, 5.74) is 10.4. The van der Waals surface area contributed by atoms with Crippen molar-refractivity contribution in [2.45, 2.75) is 6.54 Å². The number of pyridine rings is 2. The number of imidazole rings is 1. The summed E-state index contributed by atoms with van der Waals surface area (Å²) in [4.78, 5) is 14.1. The lowest BCUT2D eigenvalue weighted by Gasteiger charge is -2.35. The zero-order chi connectivity index (χ0) is 21.4. The van der Waals surface area contributed by atoms with Crippen molar-refractivity contribution in [1.29, 1.82) is 0 Å². The van der Waals surface area contributed by atoms with E-state index in [0.29, 0.717) is 15.7 Å². The van der Waals surface area contributed by atoms with Gasteiger partial charge in [0.25, 0.3) is 0 Å². The van der Waals surface area contributed by atoms with Gasteiger partial charge in [-0.2, -0.15) is 0 Å². The highest BCUT2D eigenvalue weighted by Gasteiger charge is 2.23. The van der Waals surface area contributed by atoms with E-state index in [1.165, 1.54) is 0 Å². The third-order valence-corrected chi connectivity index (χ3v) is 6.19. The first-order chi connectivity index (χ1) is 15.1. The number of hydrogen-bond acceptors (Lipinski definition) is 5. The quantitative estimate of drug-likeness (QED) is 0.489. The fraction of sp³-hybridized carbons (Fsp3) is 0.217. The van der Waals surface area contributed by atoms with Crippen LogP contribution in [0.4, 0.5) is 11.5 Å². The summed E-state index contributed by atoms with van der Waals surface area (Å²) < 4.78 is 2.07. The number of aromatic nitrogens is 3. The third-order valence-electron chi connectivity index (χ3n) is 5.65. The van der Waals surface area contributed by atoms with Gasteiger partial charge in [-0.1, -0.05) is 29.3 Å². The number of fused-ring (bicyclic) bond motifs is 1. The monoisotopic (exact) mass is 452 g/mol. The van der Waals surface area contributed by atoms with Crippen LogP contribution in [0.5, 0.6) is 0 Å². The Morgan fingerprint density at radius 2 is 1.81 bits per heavy atom. The van der Waals surface area contributed by atoms with Gasteiger partial charge in [0.1, 0.15) is 11.5 Å². The Morgan fingerprint density at radius 3 is 2.55 bits per heavy atom. The van der Waals surface area contributed by atoms with E-state index in [1.54, 1.807) is 6.07 Å². The van der Waals surface area contributed by atoms with Crippen LogP contribution in [-0.4, -0.2) is 45.4 Å². The zero-order valence-electron chi connectivity index (χ0n) is 16.9. The Balaban J connectivity index is 1.46. The summed E-state index contributed by atoms with van der Waals surface area (Å²) in [5, 5.41) is 1.19. The molecule has 2 N–H and O–H groups in total. The van der Waals surface area contributed by atoms with Crippen LogP contribution >= 0.6 is 23.2 Å². The molecule has 158 valence electrons. The molecule has 0 saturated carbocycles. The Labute approximate surface area is 190 Å². The number of nitrogens with zero attached hydrogens (tertiary/aromatic N) is 5. The van der Waals surface area contributed by atoms with Gasteiger partial charge >= 0.3 is 0 Å². The maximum atomic E-state index is 6.54. The minimum absolute atomic E-state index is 0.588. The predicted octanol–water partition coefficient (Wildman–Crippen LogP) is 4.61. The SMILES string of the molecule is Nc1ccc2nc(-c3ccc(Cl)cc3Cl)c(CN3CCN(c4ccccn4)CC3)n2c1. The molecule has 0 spiro atoms. The lowest BCUT2D eigenvalue weighted by Crippen LogP contribution is -2.46. The Morgan fingerprint density at radius 1 is 0.968 bits per heavy atom. The summed E-state index contributed by atoms with van der Waals surface area (Å²) in [7, 11) is 0. The van der Waals surface area contributed by atoms with Crippen LogP contribution in [0.15, 0.2) is 60.9 Å². The molecule has 31 heavy (non-hydrogen) atoms. The van der Waals surface area contributed by atoms with E-state index in [2.05, 4.69) is 25.3 Å². The maximum Gasteiger partial charge on any atom is 0.137 e. The van der Waals surface area contributed by atoms with E-state index in [-0.39, 0.29) is 0 Å². The van der Waals surface area contributed by atoms with Crippen molar-refractivity contribution in [2.24, 2.45) is 0 Å². The molecule has 0 bridgehead atoms. The number of hydrogen-bond donors (Lipinski definition) is 1. The van der Waals surface area contributed by atoms with E-state index in [0.717, 1.165) is 61.1 Å². The number of anilines is 2. The van der Waals surface area contributed by atoms with Crippen molar-refractivity contribution >= 4 is 40.4 Å². The van der Waals surface area contributed by atoms with Crippen LogP contribution in [0.1, 0.15) is 5.69 Å². The van der Waals surface area contributed by atoms with E-state index in [9.17, 15) is 0 Å². The number of nitrogen functional groups attached to an aromatic ring is 1. The van der Waals surface area contributed by atoms with Gasteiger partial charge in [-0.3, -0.25) is 4.90 Å². The van der Waals surface area contributed by atoms with E-state index < -0.39 is 0 Å². The van der Waals surface area contributed by atoms with Crippen molar-refractivity contribution in [3.8, 4) is 11.3 Å². The molecule has 0 aliphatic carbocycles. The van der Waals surface area contributed by atoms with Gasteiger partial charge in [-0.05, 0) is 42.5 Å². The maximum absolute atomic E-state index is 6.54. The second-order valence-electron chi connectivity index (χ2n) is 7.67. The first-order valence-corrected chi connectivity index (χ1v) is 10.9. The van der Waals surface area contributed by atoms with Crippen LogP contribution in [0.2, 0.25) is 10.0 Å². The summed E-state index contributed by atoms with van der Waals surface area (Å²) in [6.07, 6.45) is 3.77. The minimum atomic E-state index is 0.588. The molecule has 0 unspecified atom stereocenters. The van der Waals surface area contributed by atoms with Gasteiger partial charge in [0, 0.05) is 61.4 Å². The fourth-order valence-electron chi connectivity index (χ4n) is 4.05. The van der Waals surface area contributed by atoms with Gasteiger partial charge in [0.2, 0.25) is 0 Å². The Kier molecular flexibility index (Phi) is 5.44. The summed E-state index contributed by atoms with van der Waals surface area (Å²) in [5.74, 6) is 1.03. The van der Waals surface area contributed by atoms with Crippen LogP contribution < -0.4 is 10.6 Å². The van der Waals surface area contributed by atoms with Crippen molar-refractivity contribution in [3.05, 3.63) is 76.7 Å². The van der Waals surface area contributed by atoms with Crippen molar-refractivity contribution < 1.29 is 0 Å². The molecular weight excluding hydrogens is 431 g/mol. The number of halogens is 2. The normalized spacial score (nSPS) is 15.0. The van der Waals surface area contributed by atoms with Crippen molar-refractivity contribution in [1.82, 2.24) is 19.3 Å². The standard InChI is InChI=1S/C23H22Cl2N6/c24-16-4-6-18(19(25)13-16)23-20(31-14-17(26)5-7-22(31)28-23)15-29-9-11-30(12-10-29)21-3-1-2-8-27-21/h1-8,13-14H,9-12,15,26H2. The molecule has 1 aromatic carbocycles.